The molecule has 19 heavy (non-hydrogen) atoms. The van der Waals surface area contributed by atoms with Gasteiger partial charge < -0.3 is 10.6 Å². The molecule has 0 aliphatic heterocycles. The molecule has 106 valence electrons. The highest BCUT2D eigenvalue weighted by Crippen LogP contribution is 2.14. The van der Waals surface area contributed by atoms with E-state index in [-0.39, 0.29) is 5.91 Å². The van der Waals surface area contributed by atoms with Gasteiger partial charge in [-0.2, -0.15) is 0 Å². The van der Waals surface area contributed by atoms with Gasteiger partial charge in [0.15, 0.2) is 0 Å². The Morgan fingerprint density at radius 1 is 1.16 bits per heavy atom. The summed E-state index contributed by atoms with van der Waals surface area (Å²) in [4.78, 5) is 11.5. The molecule has 0 aliphatic rings. The molecule has 0 spiro atoms. The van der Waals surface area contributed by atoms with E-state index in [1.807, 2.05) is 31.2 Å². The lowest BCUT2D eigenvalue weighted by Crippen LogP contribution is -2.24. The molecule has 0 aliphatic carbocycles. The molecule has 0 saturated carbocycles. The molecule has 1 amide bonds. The smallest absolute Gasteiger partial charge is 0.224 e. The van der Waals surface area contributed by atoms with Gasteiger partial charge in [0, 0.05) is 18.3 Å². The first-order valence-corrected chi connectivity index (χ1v) is 7.13. The summed E-state index contributed by atoms with van der Waals surface area (Å²) in [5, 5.41) is 6.29. The number of hydrogen-bond donors (Lipinski definition) is 2. The zero-order chi connectivity index (χ0) is 14.3. The van der Waals surface area contributed by atoms with Crippen LogP contribution in [0.5, 0.6) is 0 Å². The fraction of sp³-hybridized carbons (Fsp3) is 0.562. The lowest BCUT2D eigenvalue weighted by molar-refractivity contribution is -0.120. The monoisotopic (exact) mass is 262 g/mol. The topological polar surface area (TPSA) is 41.1 Å². The van der Waals surface area contributed by atoms with Crippen molar-refractivity contribution in [3.05, 3.63) is 29.8 Å². The van der Waals surface area contributed by atoms with Gasteiger partial charge in [0.2, 0.25) is 5.91 Å². The fourth-order valence-corrected chi connectivity index (χ4v) is 2.21. The molecule has 0 aromatic heterocycles. The van der Waals surface area contributed by atoms with Crippen molar-refractivity contribution in [1.29, 1.82) is 0 Å². The molecule has 0 heterocycles. The lowest BCUT2D eigenvalue weighted by Gasteiger charge is -2.17. The van der Waals surface area contributed by atoms with Gasteiger partial charge in [0.1, 0.15) is 0 Å². The van der Waals surface area contributed by atoms with Crippen molar-refractivity contribution in [3.63, 3.8) is 0 Å². The van der Waals surface area contributed by atoms with E-state index in [1.54, 1.807) is 0 Å². The van der Waals surface area contributed by atoms with E-state index in [9.17, 15) is 4.79 Å². The zero-order valence-corrected chi connectivity index (χ0v) is 12.5. The van der Waals surface area contributed by atoms with Crippen LogP contribution in [0, 0.1) is 5.92 Å². The molecule has 3 nitrogen and oxygen atoms in total. The standard InChI is InChI=1S/C16H26N2O/c1-5-17-16(19)11-14-6-8-15(9-7-14)18-13(4)10-12(2)3/h6-9,12-13,18H,5,10-11H2,1-4H3,(H,17,19). The minimum Gasteiger partial charge on any atom is -0.383 e. The van der Waals surface area contributed by atoms with Crippen molar-refractivity contribution in [2.75, 3.05) is 11.9 Å². The first-order valence-electron chi connectivity index (χ1n) is 7.13. The third-order valence-electron chi connectivity index (χ3n) is 2.93. The van der Waals surface area contributed by atoms with E-state index >= 15 is 0 Å². The number of hydrogen-bond acceptors (Lipinski definition) is 2. The van der Waals surface area contributed by atoms with Crippen molar-refractivity contribution in [1.82, 2.24) is 5.32 Å². The summed E-state index contributed by atoms with van der Waals surface area (Å²) in [6, 6.07) is 8.59. The molecule has 0 bridgehead atoms. The molecule has 1 aromatic rings. The molecular formula is C16H26N2O. The summed E-state index contributed by atoms with van der Waals surface area (Å²) in [5.74, 6) is 0.774. The summed E-state index contributed by atoms with van der Waals surface area (Å²) in [6.07, 6.45) is 1.61. The van der Waals surface area contributed by atoms with E-state index in [0.29, 0.717) is 24.9 Å². The van der Waals surface area contributed by atoms with Gasteiger partial charge in [-0.1, -0.05) is 26.0 Å². The molecule has 1 atom stereocenters. The van der Waals surface area contributed by atoms with Crippen LogP contribution in [0.15, 0.2) is 24.3 Å². The van der Waals surface area contributed by atoms with Crippen molar-refractivity contribution < 1.29 is 4.79 Å². The summed E-state index contributed by atoms with van der Waals surface area (Å²) in [5.41, 5.74) is 2.17. The van der Waals surface area contributed by atoms with Crippen LogP contribution in [0.1, 0.15) is 39.7 Å². The maximum absolute atomic E-state index is 11.5. The van der Waals surface area contributed by atoms with Crippen LogP contribution >= 0.6 is 0 Å². The van der Waals surface area contributed by atoms with E-state index in [1.165, 1.54) is 0 Å². The third-order valence-corrected chi connectivity index (χ3v) is 2.93. The highest BCUT2D eigenvalue weighted by atomic mass is 16.1. The van der Waals surface area contributed by atoms with Gasteiger partial charge in [0.25, 0.3) is 0 Å². The third kappa shape index (κ3) is 6.27. The van der Waals surface area contributed by atoms with Crippen LogP contribution in [-0.2, 0) is 11.2 Å². The molecule has 3 heteroatoms. The van der Waals surface area contributed by atoms with E-state index < -0.39 is 0 Å². The van der Waals surface area contributed by atoms with E-state index in [2.05, 4.69) is 31.4 Å². The Morgan fingerprint density at radius 3 is 2.32 bits per heavy atom. The first-order chi connectivity index (χ1) is 9.01. The minimum atomic E-state index is 0.0800. The highest BCUT2D eigenvalue weighted by molar-refractivity contribution is 5.78. The summed E-state index contributed by atoms with van der Waals surface area (Å²) in [6.45, 7) is 9.27. The van der Waals surface area contributed by atoms with Crippen LogP contribution in [0.3, 0.4) is 0 Å². The SMILES string of the molecule is CCNC(=O)Cc1ccc(NC(C)CC(C)C)cc1. The molecule has 0 saturated heterocycles. The minimum absolute atomic E-state index is 0.0800. The van der Waals surface area contributed by atoms with Crippen LogP contribution in [-0.4, -0.2) is 18.5 Å². The Kier molecular flexibility index (Phi) is 6.40. The second-order valence-electron chi connectivity index (χ2n) is 5.50. The highest BCUT2D eigenvalue weighted by Gasteiger charge is 2.05. The summed E-state index contributed by atoms with van der Waals surface area (Å²) in [7, 11) is 0. The molecule has 0 fully saturated rings. The molecular weight excluding hydrogens is 236 g/mol. The zero-order valence-electron chi connectivity index (χ0n) is 12.5. The van der Waals surface area contributed by atoms with Crippen LogP contribution in [0.4, 0.5) is 5.69 Å². The van der Waals surface area contributed by atoms with Gasteiger partial charge in [0.05, 0.1) is 6.42 Å². The number of carbonyl (C=O) groups is 1. The largest absolute Gasteiger partial charge is 0.383 e. The summed E-state index contributed by atoms with van der Waals surface area (Å²) < 4.78 is 0. The van der Waals surface area contributed by atoms with Gasteiger partial charge in [-0.3, -0.25) is 4.79 Å². The lowest BCUT2D eigenvalue weighted by atomic mass is 10.0. The molecule has 0 radical (unpaired) electrons. The van der Waals surface area contributed by atoms with E-state index in [4.69, 9.17) is 0 Å². The maximum Gasteiger partial charge on any atom is 0.224 e. The Hall–Kier alpha value is -1.51. The molecule has 2 N–H and O–H groups in total. The molecule has 1 aromatic carbocycles. The predicted molar refractivity (Wildman–Crippen MR) is 81.4 cm³/mol. The number of amides is 1. The molecule has 1 rings (SSSR count). The fourth-order valence-electron chi connectivity index (χ4n) is 2.21. The van der Waals surface area contributed by atoms with Crippen molar-refractivity contribution in [2.45, 2.75) is 46.6 Å². The predicted octanol–water partition coefficient (Wildman–Crippen LogP) is 3.21. The second-order valence-corrected chi connectivity index (χ2v) is 5.50. The average Bonchev–Trinajstić information content (AvgIpc) is 2.31. The van der Waals surface area contributed by atoms with Crippen LogP contribution in [0.25, 0.3) is 0 Å². The second kappa shape index (κ2) is 7.82. The first kappa shape index (κ1) is 15.5. The number of likely N-dealkylation sites (N-methyl/N-ethyl adjacent to an activating group) is 1. The maximum atomic E-state index is 11.5. The van der Waals surface area contributed by atoms with Crippen LogP contribution < -0.4 is 10.6 Å². The normalized spacial score (nSPS) is 12.3. The average molecular weight is 262 g/mol. The van der Waals surface area contributed by atoms with Crippen LogP contribution in [0.2, 0.25) is 0 Å². The van der Waals surface area contributed by atoms with Gasteiger partial charge in [-0.05, 0) is 43.9 Å². The van der Waals surface area contributed by atoms with E-state index in [0.717, 1.165) is 17.7 Å². The Morgan fingerprint density at radius 2 is 1.79 bits per heavy atom. The Balaban J connectivity index is 2.49. The molecule has 1 unspecified atom stereocenters. The van der Waals surface area contributed by atoms with Crippen molar-refractivity contribution in [2.24, 2.45) is 5.92 Å². The number of nitrogens with one attached hydrogen (secondary N) is 2. The van der Waals surface area contributed by atoms with Gasteiger partial charge >= 0.3 is 0 Å². The summed E-state index contributed by atoms with van der Waals surface area (Å²) >= 11 is 0. The number of benzene rings is 1. The van der Waals surface area contributed by atoms with Gasteiger partial charge in [-0.15, -0.1) is 0 Å². The van der Waals surface area contributed by atoms with Gasteiger partial charge in [-0.25, -0.2) is 0 Å². The van der Waals surface area contributed by atoms with Crippen molar-refractivity contribution >= 4 is 11.6 Å². The number of anilines is 1. The number of carbonyl (C=O) groups excluding carboxylic acids is 1. The Bertz CT molecular complexity index is 384. The Labute approximate surface area is 116 Å². The quantitative estimate of drug-likeness (QED) is 0.792. The van der Waals surface area contributed by atoms with Crippen molar-refractivity contribution in [3.8, 4) is 0 Å². The number of rotatable bonds is 7.